The Bertz CT molecular complexity index is 1430. The number of hydrogen-bond acceptors (Lipinski definition) is 8. The Morgan fingerprint density at radius 1 is 1.09 bits per heavy atom. The smallest absolute Gasteiger partial charge is 0.219 e. The number of nitrogens with two attached hydrogens (primary N) is 1. The Balaban J connectivity index is 1.53. The zero-order chi connectivity index (χ0) is 23.2. The molecule has 0 fully saturated rings. The average Bonchev–Trinajstić information content (AvgIpc) is 3.23. The van der Waals surface area contributed by atoms with Crippen LogP contribution in [-0.4, -0.2) is 39.1 Å². The Hall–Kier alpha value is -3.53. The largest absolute Gasteiger partial charge is 0.368 e. The molecule has 0 aliphatic carbocycles. The molecule has 170 valence electrons. The second-order valence-corrected chi connectivity index (χ2v) is 10.7. The summed E-state index contributed by atoms with van der Waals surface area (Å²) in [5, 5.41) is 4.35. The molecule has 1 atom stereocenters. The van der Waals surface area contributed by atoms with Crippen molar-refractivity contribution >= 4 is 32.6 Å². The van der Waals surface area contributed by atoms with E-state index >= 15 is 0 Å². The van der Waals surface area contributed by atoms with Crippen LogP contribution in [0, 0.1) is 5.92 Å². The predicted octanol–water partition coefficient (Wildman–Crippen LogP) is 3.53. The number of hydrogen-bond donors (Lipinski definition) is 3. The number of aromatic nitrogens is 5. The number of nitrogens with one attached hydrogen (secondary N) is 2. The van der Waals surface area contributed by atoms with Crippen LogP contribution < -0.4 is 11.1 Å². The quantitative estimate of drug-likeness (QED) is 0.408. The molecule has 3 aromatic heterocycles. The van der Waals surface area contributed by atoms with Gasteiger partial charge in [0.05, 0.1) is 27.8 Å². The van der Waals surface area contributed by atoms with Gasteiger partial charge in [-0.05, 0) is 42.0 Å². The minimum Gasteiger partial charge on any atom is -0.368 e. The van der Waals surface area contributed by atoms with Crippen molar-refractivity contribution in [1.29, 1.82) is 0 Å². The highest BCUT2D eigenvalue weighted by atomic mass is 32.2. The number of H-pyrrole nitrogens is 1. The normalized spacial score (nSPS) is 16.0. The Labute approximate surface area is 191 Å². The first-order chi connectivity index (χ1) is 15.8. The van der Waals surface area contributed by atoms with Gasteiger partial charge < -0.3 is 16.0 Å². The Morgan fingerprint density at radius 2 is 1.88 bits per heavy atom. The second kappa shape index (κ2) is 8.11. The molecule has 1 aromatic carbocycles. The van der Waals surface area contributed by atoms with E-state index in [2.05, 4.69) is 44.1 Å². The van der Waals surface area contributed by atoms with E-state index in [-0.39, 0.29) is 23.7 Å². The topological polar surface area (TPSA) is 140 Å². The number of nitrogen functional groups attached to an aromatic ring is 1. The molecule has 4 aromatic rings. The standard InChI is InChI=1S/C23H25N7O2S/c1-13(2)20(15-6-5-14-4-3-7-33(31,32)19(14)8-15)30-22-17-9-18(29-21(17)27-12-28-22)16-10-25-23(24)26-11-16/h5-6,8-13,20H,3-4,7H2,1-2H3,(H2,24,25,26)(H2,27,28,29,30)/t20-/m0/s1. The van der Waals surface area contributed by atoms with Crippen LogP contribution in [-0.2, 0) is 16.3 Å². The third-order valence-corrected chi connectivity index (χ3v) is 7.89. The first-order valence-electron chi connectivity index (χ1n) is 10.9. The van der Waals surface area contributed by atoms with Gasteiger partial charge in [0.2, 0.25) is 5.95 Å². The summed E-state index contributed by atoms with van der Waals surface area (Å²) >= 11 is 0. The Morgan fingerprint density at radius 3 is 2.64 bits per heavy atom. The molecule has 5 rings (SSSR count). The highest BCUT2D eigenvalue weighted by molar-refractivity contribution is 7.91. The van der Waals surface area contributed by atoms with Crippen LogP contribution in [0.5, 0.6) is 0 Å². The lowest BCUT2D eigenvalue weighted by Gasteiger charge is -2.26. The molecular formula is C23H25N7O2S. The van der Waals surface area contributed by atoms with Gasteiger partial charge in [-0.3, -0.25) is 0 Å². The number of fused-ring (bicyclic) bond motifs is 2. The van der Waals surface area contributed by atoms with Crippen molar-refractivity contribution < 1.29 is 8.42 Å². The molecule has 0 saturated heterocycles. The third kappa shape index (κ3) is 4.02. The molecule has 1 aliphatic heterocycles. The van der Waals surface area contributed by atoms with Crippen molar-refractivity contribution in [1.82, 2.24) is 24.9 Å². The van der Waals surface area contributed by atoms with Gasteiger partial charge >= 0.3 is 0 Å². The third-order valence-electron chi connectivity index (χ3n) is 6.01. The van der Waals surface area contributed by atoms with Crippen molar-refractivity contribution in [2.24, 2.45) is 5.92 Å². The minimum absolute atomic E-state index is 0.135. The molecule has 9 nitrogen and oxygen atoms in total. The van der Waals surface area contributed by atoms with Crippen LogP contribution in [0.2, 0.25) is 0 Å². The van der Waals surface area contributed by atoms with Gasteiger partial charge in [-0.1, -0.05) is 26.0 Å². The summed E-state index contributed by atoms with van der Waals surface area (Å²) in [4.78, 5) is 20.7. The van der Waals surface area contributed by atoms with Crippen molar-refractivity contribution in [3.05, 3.63) is 54.1 Å². The van der Waals surface area contributed by atoms with Crippen LogP contribution in [0.4, 0.5) is 11.8 Å². The number of benzene rings is 1. The molecule has 4 N–H and O–H groups in total. The van der Waals surface area contributed by atoms with Gasteiger partial charge in [0.15, 0.2) is 9.84 Å². The number of nitrogens with zero attached hydrogens (tertiary/aromatic N) is 4. The maximum atomic E-state index is 12.6. The molecule has 10 heteroatoms. The van der Waals surface area contributed by atoms with E-state index in [0.29, 0.717) is 22.8 Å². The second-order valence-electron chi connectivity index (χ2n) is 8.65. The van der Waals surface area contributed by atoms with E-state index in [1.165, 1.54) is 6.33 Å². The van der Waals surface area contributed by atoms with E-state index in [0.717, 1.165) is 34.2 Å². The molecule has 1 aliphatic rings. The van der Waals surface area contributed by atoms with Gasteiger partial charge in [0.25, 0.3) is 0 Å². The lowest BCUT2D eigenvalue weighted by Crippen LogP contribution is -2.20. The van der Waals surface area contributed by atoms with Crippen LogP contribution >= 0.6 is 0 Å². The van der Waals surface area contributed by atoms with Gasteiger partial charge in [0, 0.05) is 18.0 Å². The maximum absolute atomic E-state index is 12.6. The molecule has 0 radical (unpaired) electrons. The fourth-order valence-electron chi connectivity index (χ4n) is 4.29. The van der Waals surface area contributed by atoms with Crippen LogP contribution in [0.25, 0.3) is 22.3 Å². The van der Waals surface area contributed by atoms with Crippen molar-refractivity contribution in [2.45, 2.75) is 37.6 Å². The molecule has 33 heavy (non-hydrogen) atoms. The van der Waals surface area contributed by atoms with Crippen LogP contribution in [0.1, 0.15) is 37.4 Å². The number of sulfone groups is 1. The lowest BCUT2D eigenvalue weighted by molar-refractivity contribution is 0.542. The molecule has 0 bridgehead atoms. The minimum atomic E-state index is -3.24. The van der Waals surface area contributed by atoms with E-state index in [9.17, 15) is 8.42 Å². The molecular weight excluding hydrogens is 438 g/mol. The fraction of sp³-hybridized carbons (Fsp3) is 0.304. The van der Waals surface area contributed by atoms with Crippen LogP contribution in [0.3, 0.4) is 0 Å². The zero-order valence-electron chi connectivity index (χ0n) is 18.4. The molecule has 0 unspecified atom stereocenters. The average molecular weight is 464 g/mol. The van der Waals surface area contributed by atoms with Crippen molar-refractivity contribution in [3.63, 3.8) is 0 Å². The zero-order valence-corrected chi connectivity index (χ0v) is 19.2. The maximum Gasteiger partial charge on any atom is 0.219 e. The van der Waals surface area contributed by atoms with Gasteiger partial charge in [-0.2, -0.15) is 0 Å². The molecule has 0 saturated carbocycles. The summed E-state index contributed by atoms with van der Waals surface area (Å²) < 4.78 is 25.3. The lowest BCUT2D eigenvalue weighted by atomic mass is 9.94. The summed E-state index contributed by atoms with van der Waals surface area (Å²) in [6.45, 7) is 4.19. The fourth-order valence-corrected chi connectivity index (χ4v) is 5.92. The number of anilines is 2. The van der Waals surface area contributed by atoms with Crippen LogP contribution in [0.15, 0.2) is 47.9 Å². The Kier molecular flexibility index (Phi) is 5.24. The molecule has 4 heterocycles. The summed E-state index contributed by atoms with van der Waals surface area (Å²) in [5.74, 6) is 1.27. The first kappa shape index (κ1) is 21.3. The molecule has 0 spiro atoms. The van der Waals surface area contributed by atoms with E-state index in [4.69, 9.17) is 5.73 Å². The van der Waals surface area contributed by atoms with Crippen molar-refractivity contribution in [2.75, 3.05) is 16.8 Å². The van der Waals surface area contributed by atoms with Gasteiger partial charge in [-0.25, -0.2) is 28.4 Å². The SMILES string of the molecule is CC(C)[C@H](Nc1ncnc2[nH]c(-c3cnc(N)nc3)cc12)c1ccc2c(c1)S(=O)(=O)CCC2. The summed E-state index contributed by atoms with van der Waals surface area (Å²) in [5.41, 5.74) is 9.68. The van der Waals surface area contributed by atoms with E-state index in [1.54, 1.807) is 12.4 Å². The summed E-state index contributed by atoms with van der Waals surface area (Å²) in [6, 6.07) is 7.60. The monoisotopic (exact) mass is 463 g/mol. The summed E-state index contributed by atoms with van der Waals surface area (Å²) in [7, 11) is -3.24. The highest BCUT2D eigenvalue weighted by Gasteiger charge is 2.26. The number of aromatic amines is 1. The van der Waals surface area contributed by atoms with E-state index < -0.39 is 9.84 Å². The van der Waals surface area contributed by atoms with Gasteiger partial charge in [0.1, 0.15) is 17.8 Å². The van der Waals surface area contributed by atoms with Gasteiger partial charge in [-0.15, -0.1) is 0 Å². The van der Waals surface area contributed by atoms with Crippen molar-refractivity contribution in [3.8, 4) is 11.3 Å². The number of rotatable bonds is 5. The predicted molar refractivity (Wildman–Crippen MR) is 127 cm³/mol. The highest BCUT2D eigenvalue weighted by Crippen LogP contribution is 2.34. The van der Waals surface area contributed by atoms with E-state index in [1.807, 2.05) is 24.3 Å². The first-order valence-corrected chi connectivity index (χ1v) is 12.5. The molecule has 0 amide bonds. The number of aryl methyl sites for hydroxylation is 1. The summed E-state index contributed by atoms with van der Waals surface area (Å²) in [6.07, 6.45) is 6.27.